The second-order valence-electron chi connectivity index (χ2n) is 7.66. The molecule has 10 heteroatoms. The van der Waals surface area contributed by atoms with Gasteiger partial charge in [0.2, 0.25) is 15.9 Å². The molecule has 168 valence electrons. The molecule has 2 rings (SSSR count). The van der Waals surface area contributed by atoms with Crippen molar-refractivity contribution >= 4 is 33.7 Å². The first kappa shape index (κ1) is 24.5. The van der Waals surface area contributed by atoms with Gasteiger partial charge in [-0.1, -0.05) is 6.07 Å². The van der Waals surface area contributed by atoms with Crippen LogP contribution < -0.4 is 11.1 Å². The molecule has 0 radical (unpaired) electrons. The monoisotopic (exact) mass is 456 g/mol. The second kappa shape index (κ2) is 10.0. The third-order valence-electron chi connectivity index (χ3n) is 5.67. The molecular weight excluding hydrogens is 424 g/mol. The number of amides is 3. The average molecular weight is 457 g/mol. The Morgan fingerprint density at radius 1 is 1.10 bits per heavy atom. The van der Waals surface area contributed by atoms with Crippen molar-refractivity contribution in [2.45, 2.75) is 45.1 Å². The molecule has 30 heavy (non-hydrogen) atoms. The standard InChI is InChI=1S/C20H32N4O4S2/c1-13-12-14(2)16(4)18(15(13)3)30(27,28)24-9-7-23(8-10-24)19(25)17(6-11-29-5)22-20(21)26/h12,17H,6-11H2,1-5H3,(H3,21,22,26). The molecule has 1 saturated heterocycles. The summed E-state index contributed by atoms with van der Waals surface area (Å²) < 4.78 is 28.2. The van der Waals surface area contributed by atoms with Crippen molar-refractivity contribution in [3.05, 3.63) is 28.3 Å². The molecular formula is C20H32N4O4S2. The molecule has 1 aromatic carbocycles. The van der Waals surface area contributed by atoms with E-state index in [4.69, 9.17) is 5.73 Å². The summed E-state index contributed by atoms with van der Waals surface area (Å²) in [6.07, 6.45) is 2.40. The van der Waals surface area contributed by atoms with Crippen molar-refractivity contribution in [3.8, 4) is 0 Å². The van der Waals surface area contributed by atoms with E-state index in [1.165, 1.54) is 4.31 Å². The number of aryl methyl sites for hydroxylation is 2. The highest BCUT2D eigenvalue weighted by Crippen LogP contribution is 2.29. The van der Waals surface area contributed by atoms with Gasteiger partial charge in [0.25, 0.3) is 0 Å². The molecule has 1 aliphatic heterocycles. The zero-order valence-electron chi connectivity index (χ0n) is 18.3. The van der Waals surface area contributed by atoms with E-state index >= 15 is 0 Å². The van der Waals surface area contributed by atoms with Crippen LogP contribution >= 0.6 is 11.8 Å². The summed E-state index contributed by atoms with van der Waals surface area (Å²) in [5, 5.41) is 2.51. The molecule has 0 aliphatic carbocycles. The van der Waals surface area contributed by atoms with Gasteiger partial charge < -0.3 is 16.0 Å². The van der Waals surface area contributed by atoms with Crippen LogP contribution in [0.3, 0.4) is 0 Å². The number of carbonyl (C=O) groups excluding carboxylic acids is 2. The molecule has 1 unspecified atom stereocenters. The number of nitrogens with one attached hydrogen (secondary N) is 1. The molecule has 8 nitrogen and oxygen atoms in total. The van der Waals surface area contributed by atoms with Crippen LogP contribution in [-0.2, 0) is 14.8 Å². The molecule has 1 fully saturated rings. The summed E-state index contributed by atoms with van der Waals surface area (Å²) >= 11 is 1.58. The fourth-order valence-electron chi connectivity index (χ4n) is 3.73. The Hall–Kier alpha value is -1.78. The number of piperazine rings is 1. The molecule has 1 aromatic rings. The van der Waals surface area contributed by atoms with Gasteiger partial charge in [-0.15, -0.1) is 0 Å². The predicted octanol–water partition coefficient (Wildman–Crippen LogP) is 1.54. The summed E-state index contributed by atoms with van der Waals surface area (Å²) in [5.41, 5.74) is 8.63. The summed E-state index contributed by atoms with van der Waals surface area (Å²) in [4.78, 5) is 26.1. The lowest BCUT2D eigenvalue weighted by Gasteiger charge is -2.36. The van der Waals surface area contributed by atoms with Gasteiger partial charge in [0.15, 0.2) is 0 Å². The highest BCUT2D eigenvalue weighted by molar-refractivity contribution is 7.98. The van der Waals surface area contributed by atoms with Crippen LogP contribution in [0.2, 0.25) is 0 Å². The summed E-state index contributed by atoms with van der Waals surface area (Å²) in [6.45, 7) is 8.47. The fourth-order valence-corrected chi connectivity index (χ4v) is 6.20. The Morgan fingerprint density at radius 2 is 1.63 bits per heavy atom. The number of thioether (sulfide) groups is 1. The van der Waals surface area contributed by atoms with Gasteiger partial charge in [-0.05, 0) is 68.4 Å². The Kier molecular flexibility index (Phi) is 8.18. The van der Waals surface area contributed by atoms with Gasteiger partial charge in [0.1, 0.15) is 6.04 Å². The predicted molar refractivity (Wildman–Crippen MR) is 120 cm³/mol. The van der Waals surface area contributed by atoms with Crippen molar-refractivity contribution in [2.24, 2.45) is 5.73 Å². The van der Waals surface area contributed by atoms with E-state index in [-0.39, 0.29) is 32.1 Å². The average Bonchev–Trinajstić information content (AvgIpc) is 2.69. The number of rotatable bonds is 7. The number of nitrogens with zero attached hydrogens (tertiary/aromatic N) is 2. The maximum absolute atomic E-state index is 13.4. The summed E-state index contributed by atoms with van der Waals surface area (Å²) in [7, 11) is -3.67. The van der Waals surface area contributed by atoms with Crippen LogP contribution in [0.15, 0.2) is 11.0 Å². The smallest absolute Gasteiger partial charge is 0.312 e. The fraction of sp³-hybridized carbons (Fsp3) is 0.600. The van der Waals surface area contributed by atoms with E-state index in [9.17, 15) is 18.0 Å². The van der Waals surface area contributed by atoms with Crippen LogP contribution in [0.1, 0.15) is 28.7 Å². The van der Waals surface area contributed by atoms with Gasteiger partial charge in [-0.3, -0.25) is 4.79 Å². The van der Waals surface area contributed by atoms with Crippen LogP contribution in [0.4, 0.5) is 4.79 Å². The molecule has 0 spiro atoms. The van der Waals surface area contributed by atoms with E-state index < -0.39 is 22.1 Å². The molecule has 0 saturated carbocycles. The third kappa shape index (κ3) is 5.28. The largest absolute Gasteiger partial charge is 0.352 e. The highest BCUT2D eigenvalue weighted by Gasteiger charge is 2.34. The Morgan fingerprint density at radius 3 is 2.10 bits per heavy atom. The van der Waals surface area contributed by atoms with Crippen molar-refractivity contribution in [2.75, 3.05) is 38.2 Å². The van der Waals surface area contributed by atoms with Crippen molar-refractivity contribution in [3.63, 3.8) is 0 Å². The normalized spacial score (nSPS) is 16.4. The maximum atomic E-state index is 13.4. The lowest BCUT2D eigenvalue weighted by atomic mass is 10.0. The number of sulfonamides is 1. The second-order valence-corrected chi connectivity index (χ2v) is 10.5. The Bertz CT molecular complexity index is 884. The van der Waals surface area contributed by atoms with E-state index in [2.05, 4.69) is 5.32 Å². The zero-order valence-corrected chi connectivity index (χ0v) is 20.0. The van der Waals surface area contributed by atoms with E-state index in [0.717, 1.165) is 22.3 Å². The Labute approximate surface area is 183 Å². The van der Waals surface area contributed by atoms with E-state index in [1.54, 1.807) is 16.7 Å². The molecule has 1 aliphatic rings. The molecule has 1 atom stereocenters. The Balaban J connectivity index is 2.17. The lowest BCUT2D eigenvalue weighted by molar-refractivity contribution is -0.134. The molecule has 3 amide bonds. The summed E-state index contributed by atoms with van der Waals surface area (Å²) in [5.74, 6) is 0.481. The first-order valence-electron chi connectivity index (χ1n) is 9.92. The van der Waals surface area contributed by atoms with Crippen molar-refractivity contribution in [1.29, 1.82) is 0 Å². The lowest BCUT2D eigenvalue weighted by Crippen LogP contribution is -2.56. The topological polar surface area (TPSA) is 113 Å². The molecule has 0 bridgehead atoms. The minimum Gasteiger partial charge on any atom is -0.352 e. The minimum atomic E-state index is -3.67. The maximum Gasteiger partial charge on any atom is 0.312 e. The van der Waals surface area contributed by atoms with Crippen LogP contribution in [0.5, 0.6) is 0 Å². The van der Waals surface area contributed by atoms with Gasteiger partial charge in [-0.2, -0.15) is 16.1 Å². The van der Waals surface area contributed by atoms with Crippen molar-refractivity contribution in [1.82, 2.24) is 14.5 Å². The number of primary amides is 1. The zero-order chi connectivity index (χ0) is 22.6. The van der Waals surface area contributed by atoms with E-state index in [0.29, 0.717) is 17.1 Å². The summed E-state index contributed by atoms with van der Waals surface area (Å²) in [6, 6.07) is 0.569. The molecule has 3 N–H and O–H groups in total. The number of hydrogen-bond acceptors (Lipinski definition) is 5. The van der Waals surface area contributed by atoms with Crippen LogP contribution in [0.25, 0.3) is 0 Å². The number of carbonyl (C=O) groups is 2. The molecule has 1 heterocycles. The highest BCUT2D eigenvalue weighted by atomic mass is 32.2. The van der Waals surface area contributed by atoms with Gasteiger partial charge in [0, 0.05) is 26.2 Å². The number of hydrogen-bond donors (Lipinski definition) is 2. The first-order chi connectivity index (χ1) is 14.0. The number of benzene rings is 1. The molecule has 0 aromatic heterocycles. The quantitative estimate of drug-likeness (QED) is 0.646. The SMILES string of the molecule is CSCCC(NC(N)=O)C(=O)N1CCN(S(=O)(=O)c2c(C)c(C)cc(C)c2C)CC1. The van der Waals surface area contributed by atoms with Crippen LogP contribution in [-0.4, -0.2) is 73.8 Å². The number of urea groups is 1. The number of nitrogens with two attached hydrogens (primary N) is 1. The van der Waals surface area contributed by atoms with Gasteiger partial charge in [0.05, 0.1) is 4.90 Å². The van der Waals surface area contributed by atoms with Gasteiger partial charge >= 0.3 is 6.03 Å². The van der Waals surface area contributed by atoms with E-state index in [1.807, 2.05) is 40.0 Å². The van der Waals surface area contributed by atoms with Gasteiger partial charge in [-0.25, -0.2) is 13.2 Å². The van der Waals surface area contributed by atoms with Crippen molar-refractivity contribution < 1.29 is 18.0 Å². The van der Waals surface area contributed by atoms with Crippen LogP contribution in [0, 0.1) is 27.7 Å². The first-order valence-corrected chi connectivity index (χ1v) is 12.7. The third-order valence-corrected chi connectivity index (χ3v) is 8.49. The minimum absolute atomic E-state index is 0.214.